The summed E-state index contributed by atoms with van der Waals surface area (Å²) < 4.78 is 24.8. The van der Waals surface area contributed by atoms with Crippen LogP contribution in [0.3, 0.4) is 0 Å². The molecular weight excluding hydrogens is 316 g/mol. The Morgan fingerprint density at radius 3 is 1.81 bits per heavy atom. The molecule has 3 nitrogen and oxygen atoms in total. The van der Waals surface area contributed by atoms with Gasteiger partial charge in [0, 0.05) is 21.9 Å². The highest BCUT2D eigenvalue weighted by Gasteiger charge is 2.32. The molecule has 0 bridgehead atoms. The van der Waals surface area contributed by atoms with Gasteiger partial charge in [-0.05, 0) is 54.7 Å². The van der Waals surface area contributed by atoms with Crippen molar-refractivity contribution < 1.29 is 13.7 Å². The van der Waals surface area contributed by atoms with Gasteiger partial charge in [0.05, 0.1) is 4.92 Å². The molecule has 2 rings (SSSR count). The van der Waals surface area contributed by atoms with Crippen molar-refractivity contribution in [1.29, 1.82) is 0 Å². The Balaban J connectivity index is 2.06. The number of hydrogen-bond acceptors (Lipinski definition) is 4. The molecule has 0 heterocycles. The number of nitro groups is 1. The Labute approximate surface area is 128 Å². The van der Waals surface area contributed by atoms with Gasteiger partial charge in [-0.1, -0.05) is 17.7 Å². The smallest absolute Gasteiger partial charge is 0.258 e. The SMILES string of the molecule is Cc1ccc(SC(F)(F)Sc2ccc([N+](=O)[O-])cc2)cc1. The van der Waals surface area contributed by atoms with Gasteiger partial charge in [0.15, 0.2) is 0 Å². The van der Waals surface area contributed by atoms with Gasteiger partial charge in [0.25, 0.3) is 5.69 Å². The lowest BCUT2D eigenvalue weighted by atomic mass is 10.2. The first-order valence-electron chi connectivity index (χ1n) is 5.93. The van der Waals surface area contributed by atoms with Crippen molar-refractivity contribution in [3.63, 3.8) is 0 Å². The second-order valence-electron chi connectivity index (χ2n) is 4.23. The maximum absolute atomic E-state index is 13.9. The molecule has 0 aliphatic carbocycles. The van der Waals surface area contributed by atoms with Crippen molar-refractivity contribution in [1.82, 2.24) is 0 Å². The van der Waals surface area contributed by atoms with Crippen LogP contribution in [0.1, 0.15) is 5.56 Å². The Hall–Kier alpha value is -1.60. The number of nitro benzene ring substituents is 1. The van der Waals surface area contributed by atoms with Gasteiger partial charge >= 0.3 is 4.59 Å². The Bertz CT molecular complexity index is 630. The fraction of sp³-hybridized carbons (Fsp3) is 0.143. The second kappa shape index (κ2) is 6.44. The fourth-order valence-corrected chi connectivity index (χ4v) is 3.37. The van der Waals surface area contributed by atoms with Gasteiger partial charge in [0.1, 0.15) is 0 Å². The molecule has 0 aromatic heterocycles. The Morgan fingerprint density at radius 2 is 1.38 bits per heavy atom. The topological polar surface area (TPSA) is 43.1 Å². The number of halogens is 2. The van der Waals surface area contributed by atoms with E-state index in [-0.39, 0.29) is 10.6 Å². The molecule has 110 valence electrons. The van der Waals surface area contributed by atoms with Gasteiger partial charge in [-0.2, -0.15) is 8.78 Å². The maximum Gasteiger partial charge on any atom is 0.350 e. The van der Waals surface area contributed by atoms with Crippen molar-refractivity contribution in [2.24, 2.45) is 0 Å². The van der Waals surface area contributed by atoms with Crippen molar-refractivity contribution in [3.05, 3.63) is 64.2 Å². The number of non-ortho nitro benzene ring substituents is 1. The number of rotatable bonds is 5. The summed E-state index contributed by atoms with van der Waals surface area (Å²) in [5.41, 5.74) is 0.888. The Kier molecular flexibility index (Phi) is 4.84. The van der Waals surface area contributed by atoms with Crippen molar-refractivity contribution in [2.75, 3.05) is 0 Å². The normalized spacial score (nSPS) is 11.4. The number of aryl methyl sites for hydroxylation is 1. The molecule has 0 N–H and O–H groups in total. The summed E-state index contributed by atoms with van der Waals surface area (Å²) in [5.74, 6) is 0. The number of benzene rings is 2. The van der Waals surface area contributed by atoms with Crippen LogP contribution in [0.4, 0.5) is 14.5 Å². The monoisotopic (exact) mass is 327 g/mol. The van der Waals surface area contributed by atoms with Crippen LogP contribution in [0, 0.1) is 17.0 Å². The number of nitrogens with zero attached hydrogens (tertiary/aromatic N) is 1. The summed E-state index contributed by atoms with van der Waals surface area (Å²) in [6.45, 7) is 1.89. The summed E-state index contributed by atoms with van der Waals surface area (Å²) in [7, 11) is 0. The minimum atomic E-state index is -3.05. The molecule has 0 unspecified atom stereocenters. The molecule has 0 radical (unpaired) electrons. The number of thioether (sulfide) groups is 2. The first-order chi connectivity index (χ1) is 9.85. The molecular formula is C14H11F2NO2S2. The lowest BCUT2D eigenvalue weighted by Crippen LogP contribution is -2.03. The highest BCUT2D eigenvalue weighted by molar-refractivity contribution is 8.17. The molecule has 0 aliphatic heterocycles. The molecule has 21 heavy (non-hydrogen) atoms. The van der Waals surface area contributed by atoms with E-state index >= 15 is 0 Å². The van der Waals surface area contributed by atoms with Crippen LogP contribution in [0.5, 0.6) is 0 Å². The lowest BCUT2D eigenvalue weighted by molar-refractivity contribution is -0.384. The third-order valence-corrected chi connectivity index (χ3v) is 4.53. The molecule has 0 aliphatic rings. The summed E-state index contributed by atoms with van der Waals surface area (Å²) in [6.07, 6.45) is 0. The highest BCUT2D eigenvalue weighted by Crippen LogP contribution is 2.48. The summed E-state index contributed by atoms with van der Waals surface area (Å²) in [4.78, 5) is 10.7. The van der Waals surface area contributed by atoms with Gasteiger partial charge in [-0.3, -0.25) is 10.1 Å². The second-order valence-corrected chi connectivity index (χ2v) is 6.87. The molecule has 2 aromatic rings. The van der Waals surface area contributed by atoms with Gasteiger partial charge in [-0.15, -0.1) is 0 Å². The van der Waals surface area contributed by atoms with Crippen LogP contribution in [0.25, 0.3) is 0 Å². The van der Waals surface area contributed by atoms with E-state index in [4.69, 9.17) is 0 Å². The van der Waals surface area contributed by atoms with E-state index in [1.54, 1.807) is 24.3 Å². The Morgan fingerprint density at radius 1 is 0.952 bits per heavy atom. The third kappa shape index (κ3) is 4.71. The fourth-order valence-electron chi connectivity index (χ4n) is 1.54. The minimum absolute atomic E-state index is 0.117. The largest absolute Gasteiger partial charge is 0.350 e. The van der Waals surface area contributed by atoms with E-state index in [1.165, 1.54) is 24.3 Å². The number of hydrogen-bond donors (Lipinski definition) is 0. The van der Waals surface area contributed by atoms with E-state index in [2.05, 4.69) is 0 Å². The van der Waals surface area contributed by atoms with Gasteiger partial charge in [0.2, 0.25) is 0 Å². The summed E-state index contributed by atoms with van der Waals surface area (Å²) >= 11 is 0.828. The molecule has 0 saturated carbocycles. The molecule has 7 heteroatoms. The van der Waals surface area contributed by atoms with E-state index in [9.17, 15) is 18.9 Å². The molecule has 0 amide bonds. The summed E-state index contributed by atoms with van der Waals surface area (Å²) in [6, 6.07) is 11.9. The van der Waals surface area contributed by atoms with E-state index in [0.717, 1.165) is 5.56 Å². The minimum Gasteiger partial charge on any atom is -0.258 e. The third-order valence-electron chi connectivity index (χ3n) is 2.54. The van der Waals surface area contributed by atoms with Crippen LogP contribution in [0.15, 0.2) is 58.3 Å². The van der Waals surface area contributed by atoms with Crippen molar-refractivity contribution in [2.45, 2.75) is 21.3 Å². The highest BCUT2D eigenvalue weighted by atomic mass is 32.2. The van der Waals surface area contributed by atoms with Crippen molar-refractivity contribution in [3.8, 4) is 0 Å². The standard InChI is InChI=1S/C14H11F2NO2S2/c1-10-2-6-12(7-3-10)20-14(15,16)21-13-8-4-11(5-9-13)17(18)19/h2-9H,1H3. The zero-order valence-electron chi connectivity index (χ0n) is 11.0. The van der Waals surface area contributed by atoms with Gasteiger partial charge < -0.3 is 0 Å². The molecule has 0 spiro atoms. The first-order valence-corrected chi connectivity index (χ1v) is 7.56. The quantitative estimate of drug-likeness (QED) is 0.322. The van der Waals surface area contributed by atoms with Gasteiger partial charge in [-0.25, -0.2) is 0 Å². The molecule has 0 saturated heterocycles. The maximum atomic E-state index is 13.9. The first kappa shape index (κ1) is 15.8. The molecule has 0 atom stereocenters. The lowest BCUT2D eigenvalue weighted by Gasteiger charge is -2.15. The van der Waals surface area contributed by atoms with E-state index < -0.39 is 9.51 Å². The van der Waals surface area contributed by atoms with E-state index in [1.807, 2.05) is 6.92 Å². The zero-order chi connectivity index (χ0) is 15.5. The van der Waals surface area contributed by atoms with Crippen LogP contribution < -0.4 is 0 Å². The average molecular weight is 327 g/mol. The molecule has 0 fully saturated rings. The zero-order valence-corrected chi connectivity index (χ0v) is 12.6. The van der Waals surface area contributed by atoms with Crippen LogP contribution in [-0.2, 0) is 0 Å². The number of alkyl halides is 2. The van der Waals surface area contributed by atoms with E-state index in [0.29, 0.717) is 28.4 Å². The average Bonchev–Trinajstić information content (AvgIpc) is 2.41. The van der Waals surface area contributed by atoms with Crippen molar-refractivity contribution >= 4 is 29.2 Å². The van der Waals surface area contributed by atoms with Crippen LogP contribution >= 0.6 is 23.5 Å². The van der Waals surface area contributed by atoms with Crippen LogP contribution in [-0.4, -0.2) is 9.51 Å². The molecule has 2 aromatic carbocycles. The predicted molar refractivity (Wildman–Crippen MR) is 80.9 cm³/mol. The summed E-state index contributed by atoms with van der Waals surface area (Å²) in [5, 5.41) is 10.5. The van der Waals surface area contributed by atoms with Crippen LogP contribution in [0.2, 0.25) is 0 Å². The predicted octanol–water partition coefficient (Wildman–Crippen LogP) is 5.34.